The van der Waals surface area contributed by atoms with E-state index in [9.17, 15) is 10.2 Å². The van der Waals surface area contributed by atoms with Crippen molar-refractivity contribution in [2.24, 2.45) is 40.2 Å². The third kappa shape index (κ3) is 9.29. The third-order valence-corrected chi connectivity index (χ3v) is 12.5. The number of hydrogen-bond donors (Lipinski definition) is 4. The fourth-order valence-electron chi connectivity index (χ4n) is 10.1. The average Bonchev–Trinajstić information content (AvgIpc) is 3.37. The van der Waals surface area contributed by atoms with Crippen molar-refractivity contribution in [1.29, 1.82) is 0 Å². The van der Waals surface area contributed by atoms with Gasteiger partial charge in [-0.3, -0.25) is 0 Å². The molecule has 0 heterocycles. The molecule has 3 saturated carbocycles. The van der Waals surface area contributed by atoms with Crippen LogP contribution < -0.4 is 11.1 Å². The Hall–Kier alpha value is -0.540. The number of nitrogens with two attached hydrogens (primary N) is 1. The first-order chi connectivity index (χ1) is 21.2. The Morgan fingerprint density at radius 2 is 1.52 bits per heavy atom. The Morgan fingerprint density at radius 1 is 0.841 bits per heavy atom. The fraction of sp³-hybridized carbons (Fsp3) is 0.946. The molecular formula is C37H68N2O5. The fourth-order valence-corrected chi connectivity index (χ4v) is 10.1. The molecule has 7 heteroatoms. The third-order valence-electron chi connectivity index (χ3n) is 12.5. The van der Waals surface area contributed by atoms with E-state index < -0.39 is 5.60 Å². The van der Waals surface area contributed by atoms with Crippen LogP contribution in [0.4, 0.5) is 0 Å². The van der Waals surface area contributed by atoms with Gasteiger partial charge in [0, 0.05) is 13.2 Å². The van der Waals surface area contributed by atoms with E-state index in [2.05, 4.69) is 32.2 Å². The highest BCUT2D eigenvalue weighted by molar-refractivity contribution is 5.25. The molecule has 4 rings (SSSR count). The Morgan fingerprint density at radius 3 is 2.27 bits per heavy atom. The molecule has 44 heavy (non-hydrogen) atoms. The number of hydrogen-bond acceptors (Lipinski definition) is 7. The molecule has 0 amide bonds. The SMILES string of the molecule is CC(O)(CCCCCCNCCCOCCOCCOCCCN)[C@H]1CC[C@H]2[C@@H]3CC=C4C[C@@H](O)CC[C@]4(C)[C@H]3CC[C@]12C. The van der Waals surface area contributed by atoms with Gasteiger partial charge in [-0.25, -0.2) is 0 Å². The van der Waals surface area contributed by atoms with E-state index in [0.29, 0.717) is 50.9 Å². The summed E-state index contributed by atoms with van der Waals surface area (Å²) in [6.07, 6.45) is 19.3. The molecular weight excluding hydrogens is 552 g/mol. The lowest BCUT2D eigenvalue weighted by Crippen LogP contribution is -2.53. The molecule has 0 saturated heterocycles. The van der Waals surface area contributed by atoms with Crippen LogP contribution in [0.15, 0.2) is 11.6 Å². The van der Waals surface area contributed by atoms with Crippen molar-refractivity contribution in [2.75, 3.05) is 59.3 Å². The van der Waals surface area contributed by atoms with Crippen LogP contribution in [0.2, 0.25) is 0 Å². The second-order valence-electron chi connectivity index (χ2n) is 15.4. The zero-order valence-electron chi connectivity index (χ0n) is 28.6. The van der Waals surface area contributed by atoms with E-state index in [1.807, 2.05) is 0 Å². The first kappa shape index (κ1) is 36.3. The lowest BCUT2D eigenvalue weighted by molar-refractivity contribution is -0.105. The number of ether oxygens (including phenoxy) is 3. The Kier molecular flexibility index (Phi) is 14.5. The van der Waals surface area contributed by atoms with Gasteiger partial charge in [0.15, 0.2) is 0 Å². The Labute approximate surface area is 269 Å². The Balaban J connectivity index is 1.04. The van der Waals surface area contributed by atoms with Gasteiger partial charge in [-0.2, -0.15) is 0 Å². The summed E-state index contributed by atoms with van der Waals surface area (Å²) in [4.78, 5) is 0. The summed E-state index contributed by atoms with van der Waals surface area (Å²) < 4.78 is 16.6. The summed E-state index contributed by atoms with van der Waals surface area (Å²) >= 11 is 0. The van der Waals surface area contributed by atoms with Crippen molar-refractivity contribution in [3.8, 4) is 0 Å². The van der Waals surface area contributed by atoms with E-state index in [1.165, 1.54) is 51.4 Å². The van der Waals surface area contributed by atoms with Crippen molar-refractivity contribution in [1.82, 2.24) is 5.32 Å². The number of fused-ring (bicyclic) bond motifs is 5. The van der Waals surface area contributed by atoms with E-state index in [-0.39, 0.29) is 11.5 Å². The number of rotatable bonds is 21. The van der Waals surface area contributed by atoms with Gasteiger partial charge in [-0.05, 0) is 138 Å². The average molecular weight is 621 g/mol. The summed E-state index contributed by atoms with van der Waals surface area (Å²) in [5.41, 5.74) is 6.99. The smallest absolute Gasteiger partial charge is 0.0701 e. The first-order valence-electron chi connectivity index (χ1n) is 18.5. The maximum Gasteiger partial charge on any atom is 0.0701 e. The van der Waals surface area contributed by atoms with Crippen LogP contribution in [0.25, 0.3) is 0 Å². The molecule has 4 aliphatic rings. The van der Waals surface area contributed by atoms with Gasteiger partial charge in [0.25, 0.3) is 0 Å². The van der Waals surface area contributed by atoms with Crippen LogP contribution in [0.5, 0.6) is 0 Å². The summed E-state index contributed by atoms with van der Waals surface area (Å²) in [5.74, 6) is 2.68. The second-order valence-corrected chi connectivity index (χ2v) is 15.4. The summed E-state index contributed by atoms with van der Waals surface area (Å²) in [6.45, 7) is 13.9. The number of nitrogens with one attached hydrogen (secondary N) is 1. The normalized spacial score (nSPS) is 34.6. The standard InChI is InChI=1S/C37H68N2O5/c1-35-17-14-30(40)28-29(35)10-11-31-32-12-13-34(36(32,2)18-15-33(31)35)37(3,41)16-6-4-5-7-20-39-21-9-23-43-25-27-44-26-24-42-22-8-19-38/h10,30-34,39-41H,4-9,11-28,38H2,1-3H3/t30-,31-,32-,33-,34-,35-,36-,37?/m0/s1. The van der Waals surface area contributed by atoms with E-state index in [1.54, 1.807) is 5.57 Å². The van der Waals surface area contributed by atoms with Crippen LogP contribution in [-0.2, 0) is 14.2 Å². The molecule has 0 aromatic rings. The topological polar surface area (TPSA) is 106 Å². The van der Waals surface area contributed by atoms with Crippen molar-refractivity contribution in [3.63, 3.8) is 0 Å². The van der Waals surface area contributed by atoms with Gasteiger partial charge in [0.2, 0.25) is 0 Å². The number of aliphatic hydroxyl groups is 2. The van der Waals surface area contributed by atoms with E-state index in [0.717, 1.165) is 82.4 Å². The zero-order valence-corrected chi connectivity index (χ0v) is 28.6. The van der Waals surface area contributed by atoms with Gasteiger partial charge >= 0.3 is 0 Å². The van der Waals surface area contributed by atoms with Crippen LogP contribution in [0, 0.1) is 34.5 Å². The summed E-state index contributed by atoms with van der Waals surface area (Å²) in [5, 5.41) is 25.7. The van der Waals surface area contributed by atoms with E-state index in [4.69, 9.17) is 19.9 Å². The quantitative estimate of drug-likeness (QED) is 0.0921. The molecule has 3 fully saturated rings. The Bertz CT molecular complexity index is 867. The lowest BCUT2D eigenvalue weighted by atomic mass is 9.46. The molecule has 0 aromatic carbocycles. The highest BCUT2D eigenvalue weighted by Crippen LogP contribution is 2.67. The van der Waals surface area contributed by atoms with Crippen LogP contribution >= 0.6 is 0 Å². The van der Waals surface area contributed by atoms with Gasteiger partial charge in [0.05, 0.1) is 38.1 Å². The number of aliphatic hydroxyl groups excluding tert-OH is 1. The monoisotopic (exact) mass is 621 g/mol. The largest absolute Gasteiger partial charge is 0.393 e. The molecule has 256 valence electrons. The maximum atomic E-state index is 11.8. The van der Waals surface area contributed by atoms with Crippen molar-refractivity contribution < 1.29 is 24.4 Å². The summed E-state index contributed by atoms with van der Waals surface area (Å²) in [6, 6.07) is 0. The predicted octanol–water partition coefficient (Wildman–Crippen LogP) is 6.01. The van der Waals surface area contributed by atoms with E-state index >= 15 is 0 Å². The highest BCUT2D eigenvalue weighted by atomic mass is 16.5. The lowest BCUT2D eigenvalue weighted by Gasteiger charge is -2.59. The molecule has 5 N–H and O–H groups in total. The van der Waals surface area contributed by atoms with Crippen molar-refractivity contribution in [3.05, 3.63) is 11.6 Å². The van der Waals surface area contributed by atoms with Crippen LogP contribution in [0.3, 0.4) is 0 Å². The molecule has 7 nitrogen and oxygen atoms in total. The first-order valence-corrected chi connectivity index (χ1v) is 18.5. The summed E-state index contributed by atoms with van der Waals surface area (Å²) in [7, 11) is 0. The van der Waals surface area contributed by atoms with Gasteiger partial charge in [0.1, 0.15) is 0 Å². The number of allylic oxidation sites excluding steroid dienone is 1. The molecule has 0 spiro atoms. The minimum Gasteiger partial charge on any atom is -0.393 e. The molecule has 0 aromatic heterocycles. The van der Waals surface area contributed by atoms with Gasteiger partial charge < -0.3 is 35.5 Å². The van der Waals surface area contributed by atoms with Crippen LogP contribution in [-0.4, -0.2) is 81.2 Å². The second kappa shape index (κ2) is 17.6. The molecule has 0 aliphatic heterocycles. The van der Waals surface area contributed by atoms with Gasteiger partial charge in [-0.1, -0.05) is 44.8 Å². The maximum absolute atomic E-state index is 11.8. The zero-order chi connectivity index (χ0) is 31.5. The molecule has 0 radical (unpaired) electrons. The molecule has 0 bridgehead atoms. The highest BCUT2D eigenvalue weighted by Gasteiger charge is 2.61. The predicted molar refractivity (Wildman–Crippen MR) is 179 cm³/mol. The minimum absolute atomic E-state index is 0.132. The van der Waals surface area contributed by atoms with Gasteiger partial charge in [-0.15, -0.1) is 0 Å². The molecule has 4 aliphatic carbocycles. The minimum atomic E-state index is -0.563. The van der Waals surface area contributed by atoms with Crippen LogP contribution in [0.1, 0.15) is 117 Å². The molecule has 1 unspecified atom stereocenters. The molecule has 8 atom stereocenters. The van der Waals surface area contributed by atoms with Crippen molar-refractivity contribution >= 4 is 0 Å². The van der Waals surface area contributed by atoms with Crippen molar-refractivity contribution in [2.45, 2.75) is 129 Å². The number of unbranched alkanes of at least 4 members (excludes halogenated alkanes) is 3.